The van der Waals surface area contributed by atoms with Crippen molar-refractivity contribution in [3.05, 3.63) is 29.8 Å². The topological polar surface area (TPSA) is 66.8 Å². The SMILES string of the molecule is O=C(O)[C@@H]1CCCN1C(=O)c1ccc(OC(F)(F)F)cc1. The highest BCUT2D eigenvalue weighted by molar-refractivity contribution is 5.97. The number of nitrogens with zero attached hydrogens (tertiary/aromatic N) is 1. The molecule has 0 radical (unpaired) electrons. The lowest BCUT2D eigenvalue weighted by Crippen LogP contribution is -2.40. The maximum absolute atomic E-state index is 12.2. The molecular weight excluding hydrogens is 291 g/mol. The van der Waals surface area contributed by atoms with Crippen molar-refractivity contribution in [2.75, 3.05) is 6.54 Å². The van der Waals surface area contributed by atoms with Crippen LogP contribution >= 0.6 is 0 Å². The summed E-state index contributed by atoms with van der Waals surface area (Å²) in [5, 5.41) is 9.01. The Morgan fingerprint density at radius 2 is 1.86 bits per heavy atom. The highest BCUT2D eigenvalue weighted by Gasteiger charge is 2.34. The number of carboxylic acid groups (broad SMARTS) is 1. The largest absolute Gasteiger partial charge is 0.573 e. The molecule has 2 rings (SSSR count). The van der Waals surface area contributed by atoms with Crippen molar-refractivity contribution < 1.29 is 32.6 Å². The van der Waals surface area contributed by atoms with Gasteiger partial charge in [0.05, 0.1) is 0 Å². The zero-order valence-corrected chi connectivity index (χ0v) is 10.8. The van der Waals surface area contributed by atoms with E-state index in [-0.39, 0.29) is 5.56 Å². The van der Waals surface area contributed by atoms with Crippen molar-refractivity contribution in [3.8, 4) is 5.75 Å². The molecule has 1 aromatic carbocycles. The first kappa shape index (κ1) is 15.1. The molecule has 0 bridgehead atoms. The lowest BCUT2D eigenvalue weighted by atomic mass is 10.1. The van der Waals surface area contributed by atoms with E-state index in [0.717, 1.165) is 12.1 Å². The van der Waals surface area contributed by atoms with Crippen LogP contribution in [0.3, 0.4) is 0 Å². The molecule has 0 saturated carbocycles. The number of carboxylic acids is 1. The number of ether oxygens (including phenoxy) is 1. The number of rotatable bonds is 3. The number of benzene rings is 1. The molecule has 1 amide bonds. The number of aliphatic carboxylic acids is 1. The van der Waals surface area contributed by atoms with Crippen molar-refractivity contribution in [2.45, 2.75) is 25.2 Å². The van der Waals surface area contributed by atoms with Gasteiger partial charge in [0.2, 0.25) is 0 Å². The van der Waals surface area contributed by atoms with Crippen LogP contribution < -0.4 is 4.74 Å². The van der Waals surface area contributed by atoms with Crippen LogP contribution in [0.25, 0.3) is 0 Å². The smallest absolute Gasteiger partial charge is 0.480 e. The van der Waals surface area contributed by atoms with E-state index >= 15 is 0 Å². The third-order valence-electron chi connectivity index (χ3n) is 3.13. The number of carbonyl (C=O) groups excluding carboxylic acids is 1. The van der Waals surface area contributed by atoms with Gasteiger partial charge in [-0.3, -0.25) is 4.79 Å². The number of halogens is 3. The molecule has 0 aliphatic carbocycles. The van der Waals surface area contributed by atoms with Crippen LogP contribution in [-0.4, -0.2) is 40.8 Å². The molecule has 0 spiro atoms. The van der Waals surface area contributed by atoms with E-state index in [0.29, 0.717) is 19.4 Å². The summed E-state index contributed by atoms with van der Waals surface area (Å²) in [4.78, 5) is 24.4. The first-order chi connectivity index (χ1) is 9.78. The number of amides is 1. The Morgan fingerprint density at radius 1 is 1.24 bits per heavy atom. The highest BCUT2D eigenvalue weighted by atomic mass is 19.4. The van der Waals surface area contributed by atoms with Gasteiger partial charge in [-0.25, -0.2) is 4.79 Å². The van der Waals surface area contributed by atoms with Crippen LogP contribution in [0.5, 0.6) is 5.75 Å². The van der Waals surface area contributed by atoms with Gasteiger partial charge in [0.15, 0.2) is 0 Å². The van der Waals surface area contributed by atoms with Crippen molar-refractivity contribution in [3.63, 3.8) is 0 Å². The molecule has 21 heavy (non-hydrogen) atoms. The monoisotopic (exact) mass is 303 g/mol. The summed E-state index contributed by atoms with van der Waals surface area (Å²) in [6, 6.07) is 3.52. The van der Waals surface area contributed by atoms with Crippen molar-refractivity contribution in [2.24, 2.45) is 0 Å². The molecule has 1 aliphatic heterocycles. The van der Waals surface area contributed by atoms with Crippen LogP contribution in [0.15, 0.2) is 24.3 Å². The van der Waals surface area contributed by atoms with Crippen LogP contribution in [0, 0.1) is 0 Å². The summed E-state index contributed by atoms with van der Waals surface area (Å²) in [6.07, 6.45) is -3.84. The molecule has 1 aliphatic rings. The van der Waals surface area contributed by atoms with Gasteiger partial charge in [-0.1, -0.05) is 0 Å². The second-order valence-electron chi connectivity index (χ2n) is 4.57. The third-order valence-corrected chi connectivity index (χ3v) is 3.13. The lowest BCUT2D eigenvalue weighted by molar-refractivity contribution is -0.274. The fourth-order valence-electron chi connectivity index (χ4n) is 2.23. The number of alkyl halides is 3. The van der Waals surface area contributed by atoms with Gasteiger partial charge in [0.25, 0.3) is 5.91 Å². The maximum atomic E-state index is 12.2. The van der Waals surface area contributed by atoms with Gasteiger partial charge >= 0.3 is 12.3 Å². The Balaban J connectivity index is 2.11. The number of hydrogen-bond acceptors (Lipinski definition) is 3. The van der Waals surface area contributed by atoms with E-state index in [2.05, 4.69) is 4.74 Å². The van der Waals surface area contributed by atoms with E-state index in [1.54, 1.807) is 0 Å². The Labute approximate surface area is 117 Å². The number of likely N-dealkylation sites (tertiary alicyclic amines) is 1. The summed E-state index contributed by atoms with van der Waals surface area (Å²) >= 11 is 0. The standard InChI is InChI=1S/C13H12F3NO4/c14-13(15,16)21-9-5-3-8(4-6-9)11(18)17-7-1-2-10(17)12(19)20/h3-6,10H,1-2,7H2,(H,19,20)/t10-/m0/s1. The van der Waals surface area contributed by atoms with E-state index < -0.39 is 30.0 Å². The predicted octanol–water partition coefficient (Wildman–Crippen LogP) is 2.27. The van der Waals surface area contributed by atoms with Gasteiger partial charge in [-0.15, -0.1) is 13.2 Å². The average Bonchev–Trinajstić information content (AvgIpc) is 2.86. The van der Waals surface area contributed by atoms with Crippen molar-refractivity contribution in [1.82, 2.24) is 4.90 Å². The first-order valence-corrected chi connectivity index (χ1v) is 6.17. The third kappa shape index (κ3) is 3.65. The molecule has 8 heteroatoms. The molecule has 1 N–H and O–H groups in total. The van der Waals surface area contributed by atoms with Crippen molar-refractivity contribution in [1.29, 1.82) is 0 Å². The predicted molar refractivity (Wildman–Crippen MR) is 64.8 cm³/mol. The quantitative estimate of drug-likeness (QED) is 0.930. The summed E-state index contributed by atoms with van der Waals surface area (Å²) < 4.78 is 39.8. The molecule has 1 atom stereocenters. The van der Waals surface area contributed by atoms with Crippen LogP contribution in [-0.2, 0) is 4.79 Å². The zero-order valence-electron chi connectivity index (χ0n) is 10.8. The molecule has 0 unspecified atom stereocenters. The molecule has 1 fully saturated rings. The second kappa shape index (κ2) is 5.63. The lowest BCUT2D eigenvalue weighted by Gasteiger charge is -2.21. The van der Waals surface area contributed by atoms with E-state index in [4.69, 9.17) is 5.11 Å². The maximum Gasteiger partial charge on any atom is 0.573 e. The normalized spacial score (nSPS) is 18.6. The Kier molecular flexibility index (Phi) is 4.06. The molecule has 114 valence electrons. The summed E-state index contributed by atoms with van der Waals surface area (Å²) in [7, 11) is 0. The zero-order chi connectivity index (χ0) is 15.6. The minimum absolute atomic E-state index is 0.123. The summed E-state index contributed by atoms with van der Waals surface area (Å²) in [5.74, 6) is -2.04. The molecule has 0 aromatic heterocycles. The van der Waals surface area contributed by atoms with Crippen LogP contribution in [0.4, 0.5) is 13.2 Å². The van der Waals surface area contributed by atoms with E-state index in [1.165, 1.54) is 17.0 Å². The molecule has 1 aromatic rings. The van der Waals surface area contributed by atoms with E-state index in [9.17, 15) is 22.8 Å². The van der Waals surface area contributed by atoms with Gasteiger partial charge in [-0.05, 0) is 37.1 Å². The average molecular weight is 303 g/mol. The molecule has 1 heterocycles. The van der Waals surface area contributed by atoms with Crippen molar-refractivity contribution >= 4 is 11.9 Å². The molecular formula is C13H12F3NO4. The van der Waals surface area contributed by atoms with E-state index in [1.807, 2.05) is 0 Å². The molecule has 5 nitrogen and oxygen atoms in total. The van der Waals surface area contributed by atoms with Gasteiger partial charge in [0.1, 0.15) is 11.8 Å². The number of carbonyl (C=O) groups is 2. The van der Waals surface area contributed by atoms with Gasteiger partial charge < -0.3 is 14.7 Å². The van der Waals surface area contributed by atoms with Crippen LogP contribution in [0.2, 0.25) is 0 Å². The molecule has 1 saturated heterocycles. The Hall–Kier alpha value is -2.25. The van der Waals surface area contributed by atoms with Gasteiger partial charge in [0, 0.05) is 12.1 Å². The Morgan fingerprint density at radius 3 is 2.38 bits per heavy atom. The summed E-state index contributed by atoms with van der Waals surface area (Å²) in [6.45, 7) is 0.316. The minimum atomic E-state index is -4.80. The second-order valence-corrected chi connectivity index (χ2v) is 4.57. The summed E-state index contributed by atoms with van der Waals surface area (Å²) in [5.41, 5.74) is 0.123. The fraction of sp³-hybridized carbons (Fsp3) is 0.385. The first-order valence-electron chi connectivity index (χ1n) is 6.17. The number of hydrogen-bond donors (Lipinski definition) is 1. The minimum Gasteiger partial charge on any atom is -0.480 e. The fourth-order valence-corrected chi connectivity index (χ4v) is 2.23. The van der Waals surface area contributed by atoms with Crippen LogP contribution in [0.1, 0.15) is 23.2 Å². The highest BCUT2D eigenvalue weighted by Crippen LogP contribution is 2.24. The van der Waals surface area contributed by atoms with Gasteiger partial charge in [-0.2, -0.15) is 0 Å². The Bertz CT molecular complexity index is 541.